The summed E-state index contributed by atoms with van der Waals surface area (Å²) in [5, 5.41) is 9.05. The van der Waals surface area contributed by atoms with Crippen molar-refractivity contribution in [1.29, 1.82) is 0 Å². The van der Waals surface area contributed by atoms with Gasteiger partial charge in [-0.05, 0) is 36.6 Å². The van der Waals surface area contributed by atoms with E-state index in [0.29, 0.717) is 17.5 Å². The summed E-state index contributed by atoms with van der Waals surface area (Å²) in [6, 6.07) is 2.77. The first kappa shape index (κ1) is 12.5. The molecule has 16 heavy (non-hydrogen) atoms. The molecule has 1 atom stereocenters. The second kappa shape index (κ2) is 4.96. The van der Waals surface area contributed by atoms with E-state index in [-0.39, 0.29) is 5.75 Å². The monoisotopic (exact) mass is 226 g/mol. The summed E-state index contributed by atoms with van der Waals surface area (Å²) in [5.74, 6) is -1.90. The van der Waals surface area contributed by atoms with Crippen LogP contribution in [0.3, 0.4) is 0 Å². The number of aliphatic carboxylic acids is 1. The molecule has 0 aliphatic carbocycles. The minimum atomic E-state index is -0.903. The molecule has 1 aromatic rings. The molecule has 0 aromatic heterocycles. The number of aryl methyl sites for hydroxylation is 1. The van der Waals surface area contributed by atoms with Gasteiger partial charge in [0.25, 0.3) is 0 Å². The normalized spacial score (nSPS) is 12.2. The fraction of sp³-hybridized carbons (Fsp3) is 0.417. The summed E-state index contributed by atoms with van der Waals surface area (Å²) in [7, 11) is 1.36. The van der Waals surface area contributed by atoms with Gasteiger partial charge >= 0.3 is 5.97 Å². The number of carbonyl (C=O) groups is 1. The first-order valence-electron chi connectivity index (χ1n) is 5.08. The van der Waals surface area contributed by atoms with Crippen LogP contribution in [0.4, 0.5) is 4.39 Å². The van der Waals surface area contributed by atoms with Crippen LogP contribution in [0.5, 0.6) is 5.75 Å². The number of rotatable bonds is 4. The molecule has 0 saturated carbocycles. The van der Waals surface area contributed by atoms with Gasteiger partial charge in [-0.1, -0.05) is 6.92 Å². The molecule has 88 valence electrons. The number of hydrogen-bond donors (Lipinski definition) is 1. The van der Waals surface area contributed by atoms with Gasteiger partial charge in [-0.2, -0.15) is 0 Å². The van der Waals surface area contributed by atoms with E-state index < -0.39 is 17.7 Å². The predicted octanol–water partition coefficient (Wildman–Crippen LogP) is 2.72. The minimum absolute atomic E-state index is 0.0836. The number of ether oxygens (including phenoxy) is 1. The van der Waals surface area contributed by atoms with Gasteiger partial charge in [0, 0.05) is 0 Å². The highest BCUT2D eigenvalue weighted by Crippen LogP contribution is 2.29. The Labute approximate surface area is 93.9 Å². The van der Waals surface area contributed by atoms with Crippen molar-refractivity contribution in [2.24, 2.45) is 0 Å². The molecule has 0 fully saturated rings. The van der Waals surface area contributed by atoms with E-state index in [1.165, 1.54) is 19.2 Å². The molecule has 0 heterocycles. The number of hydrogen-bond acceptors (Lipinski definition) is 2. The van der Waals surface area contributed by atoms with Gasteiger partial charge in [-0.25, -0.2) is 4.39 Å². The fourth-order valence-electron chi connectivity index (χ4n) is 1.73. The third-order valence-electron chi connectivity index (χ3n) is 2.62. The molecule has 1 unspecified atom stereocenters. The summed E-state index contributed by atoms with van der Waals surface area (Å²) in [6.07, 6.45) is 0.463. The average Bonchev–Trinajstić information content (AvgIpc) is 2.21. The predicted molar refractivity (Wildman–Crippen MR) is 58.4 cm³/mol. The van der Waals surface area contributed by atoms with Gasteiger partial charge in [0.15, 0.2) is 11.6 Å². The molecule has 1 rings (SSSR count). The van der Waals surface area contributed by atoms with Crippen LogP contribution in [0.15, 0.2) is 12.1 Å². The lowest BCUT2D eigenvalue weighted by atomic mass is 9.92. The number of methoxy groups -OCH3 is 1. The summed E-state index contributed by atoms with van der Waals surface area (Å²) >= 11 is 0. The maximum absolute atomic E-state index is 13.3. The van der Waals surface area contributed by atoms with Crippen molar-refractivity contribution in [3.8, 4) is 5.75 Å². The highest BCUT2D eigenvalue weighted by atomic mass is 19.1. The van der Waals surface area contributed by atoms with Crippen molar-refractivity contribution in [2.45, 2.75) is 26.2 Å². The number of carboxylic acid groups (broad SMARTS) is 1. The van der Waals surface area contributed by atoms with E-state index in [1.807, 2.05) is 0 Å². The Morgan fingerprint density at radius 2 is 2.19 bits per heavy atom. The second-order valence-electron chi connectivity index (χ2n) is 3.64. The zero-order valence-electron chi connectivity index (χ0n) is 9.58. The Balaban J connectivity index is 3.26. The average molecular weight is 226 g/mol. The van der Waals surface area contributed by atoms with E-state index in [9.17, 15) is 9.18 Å². The van der Waals surface area contributed by atoms with Gasteiger partial charge in [-0.3, -0.25) is 4.79 Å². The molecule has 0 aliphatic rings. The topological polar surface area (TPSA) is 46.5 Å². The first-order valence-corrected chi connectivity index (χ1v) is 5.08. The SMILES string of the molecule is CCC(C(=O)O)c1cc(OC)c(F)cc1C. The van der Waals surface area contributed by atoms with Crippen LogP contribution in [0.25, 0.3) is 0 Å². The minimum Gasteiger partial charge on any atom is -0.494 e. The maximum Gasteiger partial charge on any atom is 0.310 e. The van der Waals surface area contributed by atoms with Crippen LogP contribution in [0.1, 0.15) is 30.4 Å². The Morgan fingerprint density at radius 1 is 1.56 bits per heavy atom. The summed E-state index contributed by atoms with van der Waals surface area (Å²) in [5.41, 5.74) is 1.24. The van der Waals surface area contributed by atoms with Gasteiger partial charge in [0.1, 0.15) is 0 Å². The zero-order chi connectivity index (χ0) is 12.3. The molecule has 0 spiro atoms. The van der Waals surface area contributed by atoms with Crippen molar-refractivity contribution in [3.63, 3.8) is 0 Å². The highest BCUT2D eigenvalue weighted by Gasteiger charge is 2.21. The molecule has 1 N–H and O–H groups in total. The summed E-state index contributed by atoms with van der Waals surface area (Å²) in [6.45, 7) is 3.48. The zero-order valence-corrected chi connectivity index (χ0v) is 9.58. The second-order valence-corrected chi connectivity index (χ2v) is 3.64. The number of halogens is 1. The van der Waals surface area contributed by atoms with E-state index >= 15 is 0 Å². The van der Waals surface area contributed by atoms with Crippen molar-refractivity contribution in [1.82, 2.24) is 0 Å². The lowest BCUT2D eigenvalue weighted by Gasteiger charge is -2.15. The van der Waals surface area contributed by atoms with Crippen molar-refractivity contribution in [3.05, 3.63) is 29.1 Å². The molecule has 0 bridgehead atoms. The molecule has 0 aliphatic heterocycles. The molecule has 0 radical (unpaired) electrons. The van der Waals surface area contributed by atoms with Crippen LogP contribution >= 0.6 is 0 Å². The summed E-state index contributed by atoms with van der Waals surface area (Å²) < 4.78 is 18.2. The Hall–Kier alpha value is -1.58. The molecular formula is C12H15FO3. The molecular weight excluding hydrogens is 211 g/mol. The third-order valence-corrected chi connectivity index (χ3v) is 2.62. The fourth-order valence-corrected chi connectivity index (χ4v) is 1.73. The lowest BCUT2D eigenvalue weighted by Crippen LogP contribution is -2.12. The van der Waals surface area contributed by atoms with Crippen LogP contribution in [0.2, 0.25) is 0 Å². The standard InChI is InChI=1S/C12H15FO3/c1-4-8(12(14)15)9-6-11(16-3)10(13)5-7(9)2/h5-6,8H,4H2,1-3H3,(H,14,15). The molecule has 1 aromatic carbocycles. The van der Waals surface area contributed by atoms with Crippen LogP contribution < -0.4 is 4.74 Å². The van der Waals surface area contributed by atoms with Crippen molar-refractivity contribution in [2.75, 3.05) is 7.11 Å². The third kappa shape index (κ3) is 2.32. The highest BCUT2D eigenvalue weighted by molar-refractivity contribution is 5.76. The molecule has 0 saturated heterocycles. The van der Waals surface area contributed by atoms with Gasteiger partial charge in [-0.15, -0.1) is 0 Å². The molecule has 0 amide bonds. The van der Waals surface area contributed by atoms with E-state index in [2.05, 4.69) is 0 Å². The maximum atomic E-state index is 13.3. The number of carboxylic acids is 1. The van der Waals surface area contributed by atoms with Crippen molar-refractivity contribution >= 4 is 5.97 Å². The van der Waals surface area contributed by atoms with E-state index in [4.69, 9.17) is 9.84 Å². The Bertz CT molecular complexity index is 401. The number of benzene rings is 1. The largest absolute Gasteiger partial charge is 0.494 e. The summed E-state index contributed by atoms with van der Waals surface area (Å²) in [4.78, 5) is 11.0. The van der Waals surface area contributed by atoms with Gasteiger partial charge < -0.3 is 9.84 Å². The van der Waals surface area contributed by atoms with E-state index in [0.717, 1.165) is 0 Å². The van der Waals surface area contributed by atoms with Gasteiger partial charge in [0.2, 0.25) is 0 Å². The van der Waals surface area contributed by atoms with Gasteiger partial charge in [0.05, 0.1) is 13.0 Å². The Kier molecular flexibility index (Phi) is 3.88. The first-order chi connectivity index (χ1) is 7.51. The molecule has 4 heteroatoms. The smallest absolute Gasteiger partial charge is 0.310 e. The molecule has 3 nitrogen and oxygen atoms in total. The van der Waals surface area contributed by atoms with Crippen LogP contribution in [-0.4, -0.2) is 18.2 Å². The van der Waals surface area contributed by atoms with Crippen LogP contribution in [0, 0.1) is 12.7 Å². The van der Waals surface area contributed by atoms with E-state index in [1.54, 1.807) is 13.8 Å². The van der Waals surface area contributed by atoms with Crippen LogP contribution in [-0.2, 0) is 4.79 Å². The lowest BCUT2D eigenvalue weighted by molar-refractivity contribution is -0.138. The Morgan fingerprint density at radius 3 is 2.62 bits per heavy atom. The van der Waals surface area contributed by atoms with Crippen molar-refractivity contribution < 1.29 is 19.0 Å². The quantitative estimate of drug-likeness (QED) is 0.858.